The zero-order valence-corrected chi connectivity index (χ0v) is 30.9. The van der Waals surface area contributed by atoms with Gasteiger partial charge in [-0.15, -0.1) is 11.3 Å². The summed E-state index contributed by atoms with van der Waals surface area (Å²) in [5.74, 6) is 1.91. The van der Waals surface area contributed by atoms with Crippen molar-refractivity contribution in [3.05, 3.63) is 188 Å². The monoisotopic (exact) mass is 733 g/mol. The Morgan fingerprint density at radius 2 is 0.893 bits per heavy atom. The van der Waals surface area contributed by atoms with E-state index in [9.17, 15) is 0 Å². The predicted molar refractivity (Wildman–Crippen MR) is 233 cm³/mol. The maximum absolute atomic E-state index is 6.52. The first-order valence-electron chi connectivity index (χ1n) is 18.7. The third-order valence-corrected chi connectivity index (χ3v) is 11.8. The maximum atomic E-state index is 6.52. The van der Waals surface area contributed by atoms with Gasteiger partial charge in [0.25, 0.3) is 0 Å². The Balaban J connectivity index is 0.975. The Morgan fingerprint density at radius 1 is 0.321 bits per heavy atom. The molecule has 0 atom stereocenters. The summed E-state index contributed by atoms with van der Waals surface area (Å²) in [6.07, 6.45) is 0. The van der Waals surface area contributed by atoms with Crippen LogP contribution in [0.1, 0.15) is 0 Å². The average Bonchev–Trinajstić information content (AvgIpc) is 3.85. The zero-order chi connectivity index (χ0) is 37.0. The van der Waals surface area contributed by atoms with Crippen molar-refractivity contribution < 1.29 is 4.42 Å². The van der Waals surface area contributed by atoms with Gasteiger partial charge in [0.2, 0.25) is 0 Å². The third-order valence-electron chi connectivity index (χ3n) is 10.6. The molecule has 0 unspecified atom stereocenters. The molecule has 0 saturated heterocycles. The standard InChI is InChI=1S/C51H31N3OS/c1-3-13-32(14-4-1)49-52-50(33-15-5-2-6-16-33)54-51(53-49)37-18-11-17-34(29-37)35-25-27-40-44-30-36(26-28-45(44)55-46(40)31-35)38-19-7-8-20-39(38)42-22-12-23-43-41-21-9-10-24-47(41)56-48(42)43/h1-31H. The van der Waals surface area contributed by atoms with Crippen molar-refractivity contribution in [1.29, 1.82) is 0 Å². The van der Waals surface area contributed by atoms with Crippen molar-refractivity contribution in [2.45, 2.75) is 0 Å². The van der Waals surface area contributed by atoms with Crippen molar-refractivity contribution in [2.24, 2.45) is 0 Å². The topological polar surface area (TPSA) is 51.8 Å². The van der Waals surface area contributed by atoms with Crippen LogP contribution in [0.2, 0.25) is 0 Å². The van der Waals surface area contributed by atoms with Gasteiger partial charge in [-0.1, -0.05) is 152 Å². The lowest BCUT2D eigenvalue weighted by Crippen LogP contribution is -2.00. The SMILES string of the molecule is c1ccc(-c2nc(-c3ccccc3)nc(-c3cccc(-c4ccc5c(c4)oc4ccc(-c6ccccc6-c6cccc7c6sc6ccccc67)cc45)c3)n2)cc1. The number of furan rings is 1. The molecule has 3 aromatic heterocycles. The molecular formula is C51H31N3OS. The van der Waals surface area contributed by atoms with Gasteiger partial charge >= 0.3 is 0 Å². The van der Waals surface area contributed by atoms with Crippen LogP contribution in [0.3, 0.4) is 0 Å². The number of benzene rings is 8. The van der Waals surface area contributed by atoms with Gasteiger partial charge in [0.1, 0.15) is 11.2 Å². The largest absolute Gasteiger partial charge is 0.456 e. The number of thiophene rings is 1. The van der Waals surface area contributed by atoms with Crippen LogP contribution >= 0.6 is 11.3 Å². The van der Waals surface area contributed by atoms with E-state index >= 15 is 0 Å². The summed E-state index contributed by atoms with van der Waals surface area (Å²) in [5, 5.41) is 4.80. The first-order valence-corrected chi connectivity index (χ1v) is 19.5. The number of nitrogens with zero attached hydrogens (tertiary/aromatic N) is 3. The molecule has 262 valence electrons. The smallest absolute Gasteiger partial charge is 0.164 e. The third kappa shape index (κ3) is 5.56. The number of hydrogen-bond donors (Lipinski definition) is 0. The molecule has 0 aliphatic heterocycles. The van der Waals surface area contributed by atoms with Gasteiger partial charge in [-0.25, -0.2) is 15.0 Å². The van der Waals surface area contributed by atoms with E-state index in [0.717, 1.165) is 55.3 Å². The molecular weight excluding hydrogens is 703 g/mol. The summed E-state index contributed by atoms with van der Waals surface area (Å²) in [6.45, 7) is 0. The van der Waals surface area contributed by atoms with Crippen LogP contribution in [0.25, 0.3) is 110 Å². The van der Waals surface area contributed by atoms with E-state index in [0.29, 0.717) is 17.5 Å². The molecule has 0 saturated carbocycles. The van der Waals surface area contributed by atoms with E-state index < -0.39 is 0 Å². The van der Waals surface area contributed by atoms with Crippen LogP contribution in [0, 0.1) is 0 Å². The van der Waals surface area contributed by atoms with Gasteiger partial charge < -0.3 is 4.42 Å². The van der Waals surface area contributed by atoms with E-state index in [1.165, 1.54) is 36.9 Å². The summed E-state index contributed by atoms with van der Waals surface area (Å²) >= 11 is 1.87. The summed E-state index contributed by atoms with van der Waals surface area (Å²) in [6, 6.07) is 65.7. The van der Waals surface area contributed by atoms with Crippen molar-refractivity contribution in [1.82, 2.24) is 15.0 Å². The molecule has 0 spiro atoms. The molecule has 0 amide bonds. The molecule has 0 fully saturated rings. The van der Waals surface area contributed by atoms with Crippen molar-refractivity contribution in [2.75, 3.05) is 0 Å². The molecule has 0 aliphatic rings. The number of hydrogen-bond acceptors (Lipinski definition) is 5. The molecule has 0 N–H and O–H groups in total. The lowest BCUT2D eigenvalue weighted by molar-refractivity contribution is 0.669. The van der Waals surface area contributed by atoms with Crippen LogP contribution in [0.4, 0.5) is 0 Å². The number of fused-ring (bicyclic) bond motifs is 6. The van der Waals surface area contributed by atoms with Crippen molar-refractivity contribution >= 4 is 53.4 Å². The molecule has 5 heteroatoms. The van der Waals surface area contributed by atoms with Gasteiger partial charge in [0, 0.05) is 53.2 Å². The first-order chi connectivity index (χ1) is 27.7. The lowest BCUT2D eigenvalue weighted by Gasteiger charge is -2.11. The van der Waals surface area contributed by atoms with Crippen LogP contribution in [0.15, 0.2) is 192 Å². The van der Waals surface area contributed by atoms with Crippen LogP contribution < -0.4 is 0 Å². The minimum absolute atomic E-state index is 0.626. The van der Waals surface area contributed by atoms with Gasteiger partial charge in [0.05, 0.1) is 0 Å². The Hall–Kier alpha value is -7.21. The predicted octanol–water partition coefficient (Wildman–Crippen LogP) is 14.1. The first kappa shape index (κ1) is 32.2. The molecule has 0 bridgehead atoms. The fourth-order valence-electron chi connectivity index (χ4n) is 7.83. The van der Waals surface area contributed by atoms with Gasteiger partial charge in [-0.3, -0.25) is 0 Å². The molecule has 0 aliphatic carbocycles. The van der Waals surface area contributed by atoms with Crippen LogP contribution in [-0.2, 0) is 0 Å². The van der Waals surface area contributed by atoms with E-state index in [4.69, 9.17) is 19.4 Å². The van der Waals surface area contributed by atoms with Crippen LogP contribution in [-0.4, -0.2) is 15.0 Å². The van der Waals surface area contributed by atoms with Crippen molar-refractivity contribution in [3.63, 3.8) is 0 Å². The molecule has 0 radical (unpaired) electrons. The molecule has 11 rings (SSSR count). The average molecular weight is 734 g/mol. The highest BCUT2D eigenvalue weighted by Gasteiger charge is 2.17. The van der Waals surface area contributed by atoms with Gasteiger partial charge in [-0.2, -0.15) is 0 Å². The second-order valence-corrected chi connectivity index (χ2v) is 15.0. The van der Waals surface area contributed by atoms with Gasteiger partial charge in [0.15, 0.2) is 17.5 Å². The van der Waals surface area contributed by atoms with E-state index in [1.54, 1.807) is 0 Å². The number of aromatic nitrogens is 3. The normalized spacial score (nSPS) is 11.6. The lowest BCUT2D eigenvalue weighted by atomic mass is 9.93. The quantitative estimate of drug-likeness (QED) is 0.171. The Morgan fingerprint density at radius 3 is 1.68 bits per heavy atom. The van der Waals surface area contributed by atoms with E-state index in [-0.39, 0.29) is 0 Å². The fraction of sp³-hybridized carbons (Fsp3) is 0. The summed E-state index contributed by atoms with van der Waals surface area (Å²) in [5.41, 5.74) is 11.5. The molecule has 56 heavy (non-hydrogen) atoms. The Kier molecular flexibility index (Phi) is 7.64. The highest BCUT2D eigenvalue weighted by Crippen LogP contribution is 2.44. The summed E-state index contributed by atoms with van der Waals surface area (Å²) in [7, 11) is 0. The molecule has 4 nitrogen and oxygen atoms in total. The number of rotatable bonds is 6. The minimum atomic E-state index is 0.626. The maximum Gasteiger partial charge on any atom is 0.164 e. The second-order valence-electron chi connectivity index (χ2n) is 14.0. The highest BCUT2D eigenvalue weighted by molar-refractivity contribution is 7.26. The van der Waals surface area contributed by atoms with Crippen molar-refractivity contribution in [3.8, 4) is 67.5 Å². The minimum Gasteiger partial charge on any atom is -0.456 e. The second kappa shape index (κ2) is 13.3. The van der Waals surface area contributed by atoms with E-state index in [1.807, 2.05) is 72.0 Å². The Labute approximate surface area is 327 Å². The fourth-order valence-corrected chi connectivity index (χ4v) is 9.06. The van der Waals surface area contributed by atoms with E-state index in [2.05, 4.69) is 127 Å². The molecule has 8 aromatic carbocycles. The van der Waals surface area contributed by atoms with Crippen LogP contribution in [0.5, 0.6) is 0 Å². The summed E-state index contributed by atoms with van der Waals surface area (Å²) < 4.78 is 9.15. The van der Waals surface area contributed by atoms with Gasteiger partial charge in [-0.05, 0) is 64.2 Å². The molecule has 3 heterocycles. The summed E-state index contributed by atoms with van der Waals surface area (Å²) in [4.78, 5) is 14.8. The Bertz CT molecular complexity index is 3200. The highest BCUT2D eigenvalue weighted by atomic mass is 32.1. The zero-order valence-electron chi connectivity index (χ0n) is 30.1. The molecule has 11 aromatic rings.